The van der Waals surface area contributed by atoms with Crippen LogP contribution >= 0.6 is 0 Å². The van der Waals surface area contributed by atoms with Crippen molar-refractivity contribution in [1.29, 1.82) is 0 Å². The highest BCUT2D eigenvalue weighted by Crippen LogP contribution is 2.33. The van der Waals surface area contributed by atoms with E-state index in [1.54, 1.807) is 26.6 Å². The Morgan fingerprint density at radius 1 is 1.09 bits per heavy atom. The van der Waals surface area contributed by atoms with Crippen LogP contribution in [0.1, 0.15) is 16.8 Å². The lowest BCUT2D eigenvalue weighted by atomic mass is 10.0. The molecule has 9 heteroatoms. The van der Waals surface area contributed by atoms with Crippen LogP contribution in [0.25, 0.3) is 22.6 Å². The minimum Gasteiger partial charge on any atom is -0.493 e. The molecular formula is C24H24N6O3. The number of ether oxygens (including phenoxy) is 2. The Morgan fingerprint density at radius 2 is 1.97 bits per heavy atom. The summed E-state index contributed by atoms with van der Waals surface area (Å²) in [6.07, 6.45) is 5.93. The molecule has 9 nitrogen and oxygen atoms in total. The summed E-state index contributed by atoms with van der Waals surface area (Å²) in [6, 6.07) is 9.49. The van der Waals surface area contributed by atoms with Crippen LogP contribution in [0.3, 0.4) is 0 Å². The molecule has 1 aliphatic rings. The van der Waals surface area contributed by atoms with Gasteiger partial charge in [0.05, 0.1) is 37.4 Å². The van der Waals surface area contributed by atoms with E-state index in [-0.39, 0.29) is 5.56 Å². The Hall–Kier alpha value is -3.98. The lowest BCUT2D eigenvalue weighted by molar-refractivity contribution is 0.242. The molecule has 1 aromatic carbocycles. The van der Waals surface area contributed by atoms with E-state index in [2.05, 4.69) is 25.1 Å². The average Bonchev–Trinajstić information content (AvgIpc) is 3.32. The number of aromatic nitrogens is 5. The number of methoxy groups -OCH3 is 2. The predicted molar refractivity (Wildman–Crippen MR) is 123 cm³/mol. The summed E-state index contributed by atoms with van der Waals surface area (Å²) < 4.78 is 10.8. The van der Waals surface area contributed by atoms with Crippen LogP contribution in [0.4, 0.5) is 0 Å². The van der Waals surface area contributed by atoms with Crippen molar-refractivity contribution in [3.63, 3.8) is 0 Å². The van der Waals surface area contributed by atoms with Crippen LogP contribution in [0, 0.1) is 0 Å². The first-order valence-corrected chi connectivity index (χ1v) is 10.7. The fraction of sp³-hybridized carbons (Fsp3) is 0.250. The first kappa shape index (κ1) is 20.9. The van der Waals surface area contributed by atoms with Gasteiger partial charge < -0.3 is 14.5 Å². The van der Waals surface area contributed by atoms with Crippen molar-refractivity contribution in [2.45, 2.75) is 19.5 Å². The second-order valence-electron chi connectivity index (χ2n) is 7.88. The monoisotopic (exact) mass is 444 g/mol. The van der Waals surface area contributed by atoms with Gasteiger partial charge in [-0.25, -0.2) is 4.98 Å². The van der Waals surface area contributed by atoms with Gasteiger partial charge in [0, 0.05) is 55.1 Å². The molecule has 0 bridgehead atoms. The zero-order valence-corrected chi connectivity index (χ0v) is 18.5. The van der Waals surface area contributed by atoms with Crippen molar-refractivity contribution in [3.05, 3.63) is 76.1 Å². The summed E-state index contributed by atoms with van der Waals surface area (Å²) in [5.41, 5.74) is 5.18. The largest absolute Gasteiger partial charge is 0.493 e. The minimum absolute atomic E-state index is 0.101. The van der Waals surface area contributed by atoms with Crippen LogP contribution in [-0.2, 0) is 19.5 Å². The maximum absolute atomic E-state index is 12.8. The number of hydrogen-bond acceptors (Lipinski definition) is 7. The minimum atomic E-state index is -0.101. The molecule has 3 aromatic heterocycles. The van der Waals surface area contributed by atoms with E-state index in [1.165, 1.54) is 0 Å². The fourth-order valence-electron chi connectivity index (χ4n) is 4.17. The van der Waals surface area contributed by atoms with Crippen LogP contribution in [0.5, 0.6) is 11.5 Å². The number of nitrogens with one attached hydrogen (secondary N) is 2. The van der Waals surface area contributed by atoms with E-state index in [9.17, 15) is 4.79 Å². The van der Waals surface area contributed by atoms with Crippen molar-refractivity contribution < 1.29 is 9.47 Å². The number of H-pyrrole nitrogens is 2. The summed E-state index contributed by atoms with van der Waals surface area (Å²) in [4.78, 5) is 26.8. The zero-order valence-electron chi connectivity index (χ0n) is 18.5. The molecule has 4 aromatic rings. The van der Waals surface area contributed by atoms with Crippen molar-refractivity contribution >= 4 is 0 Å². The Bertz CT molecular complexity index is 1330. The van der Waals surface area contributed by atoms with Crippen molar-refractivity contribution in [2.24, 2.45) is 0 Å². The second kappa shape index (κ2) is 8.87. The molecule has 0 saturated carbocycles. The van der Waals surface area contributed by atoms with Gasteiger partial charge in [-0.1, -0.05) is 0 Å². The summed E-state index contributed by atoms with van der Waals surface area (Å²) in [6.45, 7) is 1.98. The Labute approximate surface area is 190 Å². The van der Waals surface area contributed by atoms with E-state index in [0.717, 1.165) is 34.6 Å². The Balaban J connectivity index is 1.38. The maximum atomic E-state index is 12.8. The van der Waals surface area contributed by atoms with Gasteiger partial charge in [-0.3, -0.25) is 19.8 Å². The first-order valence-electron chi connectivity index (χ1n) is 10.7. The smallest absolute Gasteiger partial charge is 0.255 e. The van der Waals surface area contributed by atoms with Crippen LogP contribution < -0.4 is 15.0 Å². The number of pyridine rings is 1. The van der Waals surface area contributed by atoms with Gasteiger partial charge in [0.25, 0.3) is 5.56 Å². The lowest BCUT2D eigenvalue weighted by Crippen LogP contribution is -2.35. The molecule has 0 radical (unpaired) electrons. The van der Waals surface area contributed by atoms with Gasteiger partial charge >= 0.3 is 0 Å². The average molecular weight is 444 g/mol. The maximum Gasteiger partial charge on any atom is 0.255 e. The number of nitrogens with zero attached hydrogens (tertiary/aromatic N) is 4. The molecule has 0 saturated heterocycles. The first-order chi connectivity index (χ1) is 16.2. The molecule has 2 N–H and O–H groups in total. The Morgan fingerprint density at radius 3 is 2.76 bits per heavy atom. The van der Waals surface area contributed by atoms with Gasteiger partial charge in [0.1, 0.15) is 5.82 Å². The van der Waals surface area contributed by atoms with E-state index in [4.69, 9.17) is 14.5 Å². The van der Waals surface area contributed by atoms with Crippen molar-refractivity contribution in [1.82, 2.24) is 30.0 Å². The molecule has 0 spiro atoms. The summed E-state index contributed by atoms with van der Waals surface area (Å²) >= 11 is 0. The topological polar surface area (TPSA) is 109 Å². The highest BCUT2D eigenvalue weighted by Gasteiger charge is 2.23. The van der Waals surface area contributed by atoms with Gasteiger partial charge in [-0.05, 0) is 30.3 Å². The normalized spacial score (nSPS) is 13.5. The van der Waals surface area contributed by atoms with E-state index in [1.807, 2.05) is 36.5 Å². The summed E-state index contributed by atoms with van der Waals surface area (Å²) in [7, 11) is 3.23. The molecule has 4 heterocycles. The summed E-state index contributed by atoms with van der Waals surface area (Å²) in [5.74, 6) is 1.89. The number of rotatable bonds is 6. The van der Waals surface area contributed by atoms with Gasteiger partial charge in [0.15, 0.2) is 11.5 Å². The van der Waals surface area contributed by atoms with Crippen LogP contribution in [0.15, 0.2) is 53.7 Å². The SMILES string of the molecule is COc1ccc(-c2[nH]ncc2CN2CCc3nc(-c4cccnc4)[nH]c(=O)c3C2)cc1OC. The number of fused-ring (bicyclic) bond motifs is 1. The number of hydrogen-bond donors (Lipinski definition) is 2. The van der Waals surface area contributed by atoms with Crippen molar-refractivity contribution in [2.75, 3.05) is 20.8 Å². The fourth-order valence-corrected chi connectivity index (χ4v) is 4.17. The molecule has 33 heavy (non-hydrogen) atoms. The zero-order chi connectivity index (χ0) is 22.8. The Kier molecular flexibility index (Phi) is 5.62. The molecule has 0 atom stereocenters. The van der Waals surface area contributed by atoms with Crippen LogP contribution in [0.2, 0.25) is 0 Å². The number of aromatic amines is 2. The molecule has 5 rings (SSSR count). The lowest BCUT2D eigenvalue weighted by Gasteiger charge is -2.27. The van der Waals surface area contributed by atoms with Gasteiger partial charge in [-0.2, -0.15) is 5.10 Å². The van der Waals surface area contributed by atoms with E-state index in [0.29, 0.717) is 42.4 Å². The van der Waals surface area contributed by atoms with Crippen LogP contribution in [-0.4, -0.2) is 50.8 Å². The van der Waals surface area contributed by atoms with E-state index >= 15 is 0 Å². The molecule has 1 aliphatic heterocycles. The third-order valence-electron chi connectivity index (χ3n) is 5.87. The molecule has 0 unspecified atom stereocenters. The third-order valence-corrected chi connectivity index (χ3v) is 5.87. The second-order valence-corrected chi connectivity index (χ2v) is 7.88. The molecular weight excluding hydrogens is 420 g/mol. The number of benzene rings is 1. The highest BCUT2D eigenvalue weighted by atomic mass is 16.5. The molecule has 0 amide bonds. The predicted octanol–water partition coefficient (Wildman–Crippen LogP) is 2.80. The quantitative estimate of drug-likeness (QED) is 0.471. The summed E-state index contributed by atoms with van der Waals surface area (Å²) in [5, 5.41) is 7.36. The standard InChI is InChI=1S/C24H24N6O3/c1-32-20-6-5-15(10-21(20)33-2)22-17(12-26-29-22)13-30-9-7-19-18(14-30)24(31)28-23(27-19)16-4-3-8-25-11-16/h3-6,8,10-12H,7,9,13-14H2,1-2H3,(H,26,29)(H,27,28,31). The van der Waals surface area contributed by atoms with Gasteiger partial charge in [0.2, 0.25) is 0 Å². The molecule has 0 aliphatic carbocycles. The van der Waals surface area contributed by atoms with E-state index < -0.39 is 0 Å². The molecule has 0 fully saturated rings. The molecule has 168 valence electrons. The van der Waals surface area contributed by atoms with Gasteiger partial charge in [-0.15, -0.1) is 0 Å². The highest BCUT2D eigenvalue weighted by molar-refractivity contribution is 5.66. The van der Waals surface area contributed by atoms with Crippen molar-refractivity contribution in [3.8, 4) is 34.1 Å². The third kappa shape index (κ3) is 4.10.